The van der Waals surface area contributed by atoms with E-state index in [0.717, 1.165) is 22.7 Å². The van der Waals surface area contributed by atoms with Crippen molar-refractivity contribution in [3.63, 3.8) is 0 Å². The first-order valence-electron chi connectivity index (χ1n) is 20.8. The molecule has 0 aliphatic carbocycles. The van der Waals surface area contributed by atoms with Crippen LogP contribution in [0.15, 0.2) is 231 Å². The molecule has 0 spiro atoms. The molecule has 0 fully saturated rings. The number of para-hydroxylation sites is 2. The predicted molar refractivity (Wildman–Crippen MR) is 262 cm³/mol. The van der Waals surface area contributed by atoms with E-state index in [2.05, 4.69) is 240 Å². The summed E-state index contributed by atoms with van der Waals surface area (Å²) in [4.78, 5) is 2.37. The number of hydrogen-bond donors (Lipinski definition) is 0. The van der Waals surface area contributed by atoms with Crippen LogP contribution in [0.1, 0.15) is 0 Å². The minimum Gasteiger partial charge on any atom is -0.311 e. The van der Waals surface area contributed by atoms with Crippen molar-refractivity contribution >= 4 is 81.1 Å². The fourth-order valence-corrected chi connectivity index (χ4v) is 10.5. The van der Waals surface area contributed by atoms with E-state index in [-0.39, 0.29) is 0 Å². The zero-order chi connectivity index (χ0) is 40.3. The second-order valence-corrected chi connectivity index (χ2v) is 16.8. The van der Waals surface area contributed by atoms with Gasteiger partial charge in [-0.3, -0.25) is 0 Å². The predicted octanol–water partition coefficient (Wildman–Crippen LogP) is 16.8. The first-order valence-corrected chi connectivity index (χ1v) is 21.6. The molecular weight excluding hydrogens is 757 g/mol. The Kier molecular flexibility index (Phi) is 8.39. The van der Waals surface area contributed by atoms with Gasteiger partial charge in [-0.2, -0.15) is 0 Å². The lowest BCUT2D eigenvalue weighted by molar-refractivity contribution is 1.17. The quantitative estimate of drug-likeness (QED) is 0.156. The minimum atomic E-state index is 1.09. The first-order chi connectivity index (χ1) is 30.2. The maximum absolute atomic E-state index is 2.38. The Hall–Kier alpha value is -7.72. The molecule has 10 aromatic carbocycles. The molecule has 0 aliphatic rings. The van der Waals surface area contributed by atoms with Crippen molar-refractivity contribution in [2.45, 2.75) is 0 Å². The summed E-state index contributed by atoms with van der Waals surface area (Å²) in [6, 6.07) is 84.1. The van der Waals surface area contributed by atoms with Crippen LogP contribution in [0, 0.1) is 0 Å². The van der Waals surface area contributed by atoms with E-state index < -0.39 is 0 Å². The summed E-state index contributed by atoms with van der Waals surface area (Å²) in [5.74, 6) is 0. The van der Waals surface area contributed by atoms with E-state index >= 15 is 0 Å². The van der Waals surface area contributed by atoms with Gasteiger partial charge in [0, 0.05) is 53.7 Å². The summed E-state index contributed by atoms with van der Waals surface area (Å²) >= 11 is 1.86. The molecule has 0 atom stereocenters. The molecule has 0 bridgehead atoms. The molecule has 2 heterocycles. The molecule has 3 heteroatoms. The lowest BCUT2D eigenvalue weighted by atomic mass is 9.91. The minimum absolute atomic E-state index is 1.09. The number of rotatable bonds is 7. The largest absolute Gasteiger partial charge is 0.311 e. The smallest absolute Gasteiger partial charge is 0.0541 e. The van der Waals surface area contributed by atoms with E-state index in [1.54, 1.807) is 0 Å². The van der Waals surface area contributed by atoms with Gasteiger partial charge in [-0.05, 0) is 117 Å². The van der Waals surface area contributed by atoms with Crippen LogP contribution in [0.4, 0.5) is 17.1 Å². The molecule has 2 nitrogen and oxygen atoms in total. The highest BCUT2D eigenvalue weighted by Gasteiger charge is 2.17. The fraction of sp³-hybridized carbons (Fsp3) is 0. The van der Waals surface area contributed by atoms with Crippen LogP contribution in [-0.2, 0) is 0 Å². The van der Waals surface area contributed by atoms with Gasteiger partial charge in [0.25, 0.3) is 0 Å². The second kappa shape index (κ2) is 14.5. The third kappa shape index (κ3) is 6.01. The Morgan fingerprint density at radius 2 is 0.820 bits per heavy atom. The number of benzene rings is 10. The maximum Gasteiger partial charge on any atom is 0.0541 e. The molecule has 0 radical (unpaired) electrons. The molecule has 0 unspecified atom stereocenters. The Morgan fingerprint density at radius 3 is 1.46 bits per heavy atom. The van der Waals surface area contributed by atoms with Crippen LogP contribution >= 0.6 is 11.3 Å². The number of aromatic nitrogens is 1. The van der Waals surface area contributed by atoms with E-state index in [0.29, 0.717) is 0 Å². The van der Waals surface area contributed by atoms with Crippen molar-refractivity contribution in [1.29, 1.82) is 0 Å². The summed E-state index contributed by atoms with van der Waals surface area (Å²) in [6.07, 6.45) is 0. The third-order valence-corrected chi connectivity index (χ3v) is 13.3. The lowest BCUT2D eigenvalue weighted by Gasteiger charge is -2.26. The molecule has 0 saturated carbocycles. The van der Waals surface area contributed by atoms with Crippen LogP contribution in [-0.4, -0.2) is 4.57 Å². The van der Waals surface area contributed by atoms with Crippen LogP contribution < -0.4 is 4.90 Å². The van der Waals surface area contributed by atoms with Gasteiger partial charge in [0.2, 0.25) is 0 Å². The molecule has 12 rings (SSSR count). The van der Waals surface area contributed by atoms with Crippen LogP contribution in [0.2, 0.25) is 0 Å². The van der Waals surface area contributed by atoms with E-state index in [1.807, 2.05) is 11.3 Å². The normalized spacial score (nSPS) is 11.6. The molecule has 0 amide bonds. The van der Waals surface area contributed by atoms with Crippen molar-refractivity contribution in [2.75, 3.05) is 4.90 Å². The molecule has 286 valence electrons. The van der Waals surface area contributed by atoms with E-state index in [1.165, 1.54) is 86.1 Å². The average Bonchev–Trinajstić information content (AvgIpc) is 3.88. The van der Waals surface area contributed by atoms with Gasteiger partial charge in [0.15, 0.2) is 0 Å². The molecule has 12 aromatic rings. The maximum atomic E-state index is 2.38. The number of anilines is 3. The number of thiophene rings is 1. The molecule has 2 aromatic heterocycles. The van der Waals surface area contributed by atoms with E-state index in [9.17, 15) is 0 Å². The van der Waals surface area contributed by atoms with Crippen LogP contribution in [0.5, 0.6) is 0 Å². The second-order valence-electron chi connectivity index (χ2n) is 15.7. The lowest BCUT2D eigenvalue weighted by Crippen LogP contribution is -2.10. The Bertz CT molecular complexity index is 3500. The zero-order valence-electron chi connectivity index (χ0n) is 33.2. The Labute approximate surface area is 358 Å². The van der Waals surface area contributed by atoms with Crippen molar-refractivity contribution in [2.24, 2.45) is 0 Å². The van der Waals surface area contributed by atoms with Gasteiger partial charge in [-0.25, -0.2) is 0 Å². The summed E-state index contributed by atoms with van der Waals surface area (Å²) in [7, 11) is 0. The van der Waals surface area contributed by atoms with Gasteiger partial charge in [0.1, 0.15) is 0 Å². The number of nitrogens with zero attached hydrogens (tertiary/aromatic N) is 2. The van der Waals surface area contributed by atoms with Crippen molar-refractivity contribution < 1.29 is 0 Å². The Morgan fingerprint density at radius 1 is 0.328 bits per heavy atom. The van der Waals surface area contributed by atoms with Gasteiger partial charge >= 0.3 is 0 Å². The summed E-state index contributed by atoms with van der Waals surface area (Å²) in [5.41, 5.74) is 14.1. The number of fused-ring (bicyclic) bond motifs is 7. The van der Waals surface area contributed by atoms with Crippen molar-refractivity contribution in [3.8, 4) is 39.1 Å². The number of hydrogen-bond acceptors (Lipinski definition) is 2. The topological polar surface area (TPSA) is 8.17 Å². The monoisotopic (exact) mass is 794 g/mol. The fourth-order valence-electron chi connectivity index (χ4n) is 9.34. The highest BCUT2D eigenvalue weighted by atomic mass is 32.1. The standard InChI is InChI=1S/C58H38N2S/c1-2-12-40(13-3-1)48-19-10-14-42-15-11-20-49(58(42)48)41-26-31-45(32-27-41)59(44-29-24-39(25-30-44)43-28-37-53-52-18-6-9-23-56(52)61-57(53)38-43)46-33-35-47(36-34-46)60-54-21-7-4-16-50(54)51-17-5-8-22-55(51)60/h1-38H. The summed E-state index contributed by atoms with van der Waals surface area (Å²) in [6.45, 7) is 0. The van der Waals surface area contributed by atoms with Crippen LogP contribution in [0.3, 0.4) is 0 Å². The van der Waals surface area contributed by atoms with Crippen LogP contribution in [0.25, 0.3) is 91.8 Å². The SMILES string of the molecule is c1ccc(-c2cccc3cccc(-c4ccc(N(c5ccc(-c6ccc7c(c6)sc6ccccc67)cc5)c5ccc(-n6c7ccccc7c7ccccc76)cc5)cc4)c23)cc1. The molecule has 0 aliphatic heterocycles. The van der Waals surface area contributed by atoms with E-state index in [4.69, 9.17) is 0 Å². The molecule has 0 N–H and O–H groups in total. The van der Waals surface area contributed by atoms with Crippen molar-refractivity contribution in [1.82, 2.24) is 4.57 Å². The van der Waals surface area contributed by atoms with Gasteiger partial charge in [0.05, 0.1) is 11.0 Å². The highest BCUT2D eigenvalue weighted by Crippen LogP contribution is 2.42. The Balaban J connectivity index is 0.958. The van der Waals surface area contributed by atoms with Crippen molar-refractivity contribution in [3.05, 3.63) is 231 Å². The highest BCUT2D eigenvalue weighted by molar-refractivity contribution is 7.25. The third-order valence-electron chi connectivity index (χ3n) is 12.2. The van der Waals surface area contributed by atoms with Gasteiger partial charge in [-0.15, -0.1) is 11.3 Å². The van der Waals surface area contributed by atoms with Gasteiger partial charge < -0.3 is 9.47 Å². The van der Waals surface area contributed by atoms with Gasteiger partial charge in [-0.1, -0.05) is 158 Å². The zero-order valence-corrected chi connectivity index (χ0v) is 34.1. The average molecular weight is 795 g/mol. The molecule has 61 heavy (non-hydrogen) atoms. The molecule has 0 saturated heterocycles. The molecular formula is C58H38N2S. The summed E-state index contributed by atoms with van der Waals surface area (Å²) in [5, 5.41) is 7.67. The first kappa shape index (κ1) is 35.2. The summed E-state index contributed by atoms with van der Waals surface area (Å²) < 4.78 is 5.02.